The van der Waals surface area contributed by atoms with Gasteiger partial charge in [0.15, 0.2) is 0 Å². The second-order valence-electron chi connectivity index (χ2n) is 10.9. The standard InChI is InChI=1S/C33H27ClF3N5O6S/c1-2-3-12-30-38-41(28-18-17-23(42(45)46)19-26(28)33(35,36)37)32(44)40(30)20-21-13-15-22(16-14-21)24-8-5-7-11-29(24)49(47,48)39-31(43)25-9-4-6-10-27(25)34/h4-11,13-19H,2-3,12,20H2,1H3,(H,39,43). The van der Waals surface area contributed by atoms with Gasteiger partial charge in [-0.25, -0.2) is 17.9 Å². The quantitative estimate of drug-likeness (QED) is 0.117. The first-order valence-electron chi connectivity index (χ1n) is 14.8. The maximum absolute atomic E-state index is 14.0. The molecule has 0 saturated heterocycles. The molecule has 0 aliphatic carbocycles. The molecule has 1 heterocycles. The molecule has 16 heteroatoms. The maximum atomic E-state index is 14.0. The molecule has 254 valence electrons. The van der Waals surface area contributed by atoms with E-state index in [-0.39, 0.29) is 39.8 Å². The number of non-ortho nitro benzene ring substituents is 1. The minimum Gasteiger partial charge on any atom is -0.274 e. The van der Waals surface area contributed by atoms with Crippen molar-refractivity contribution in [3.63, 3.8) is 0 Å². The van der Waals surface area contributed by atoms with Crippen molar-refractivity contribution in [3.05, 3.63) is 139 Å². The van der Waals surface area contributed by atoms with Crippen molar-refractivity contribution in [1.29, 1.82) is 0 Å². The van der Waals surface area contributed by atoms with Crippen LogP contribution in [-0.2, 0) is 29.2 Å². The van der Waals surface area contributed by atoms with Crippen molar-refractivity contribution < 1.29 is 31.3 Å². The van der Waals surface area contributed by atoms with E-state index in [0.29, 0.717) is 34.7 Å². The molecule has 0 aliphatic heterocycles. The van der Waals surface area contributed by atoms with Gasteiger partial charge in [0.1, 0.15) is 5.82 Å². The average molecular weight is 714 g/mol. The Balaban J connectivity index is 1.47. The molecular formula is C33H27ClF3N5O6S. The lowest BCUT2D eigenvalue weighted by Crippen LogP contribution is -2.31. The number of nitrogens with zero attached hydrogens (tertiary/aromatic N) is 4. The number of hydrogen-bond acceptors (Lipinski definition) is 7. The smallest absolute Gasteiger partial charge is 0.274 e. The Morgan fingerprint density at radius 3 is 2.33 bits per heavy atom. The van der Waals surface area contributed by atoms with E-state index in [1.165, 1.54) is 28.8 Å². The molecule has 0 bridgehead atoms. The van der Waals surface area contributed by atoms with Crippen LogP contribution in [0.2, 0.25) is 5.02 Å². The van der Waals surface area contributed by atoms with Crippen LogP contribution in [0.25, 0.3) is 16.8 Å². The van der Waals surface area contributed by atoms with Crippen molar-refractivity contribution in [2.45, 2.75) is 43.8 Å². The number of nitrogens with one attached hydrogen (secondary N) is 1. The summed E-state index contributed by atoms with van der Waals surface area (Å²) in [7, 11) is -4.36. The summed E-state index contributed by atoms with van der Waals surface area (Å²) in [6.07, 6.45) is -3.44. The van der Waals surface area contributed by atoms with Crippen LogP contribution < -0.4 is 10.4 Å². The monoisotopic (exact) mass is 713 g/mol. The van der Waals surface area contributed by atoms with Crippen LogP contribution in [0, 0.1) is 10.1 Å². The van der Waals surface area contributed by atoms with Gasteiger partial charge in [-0.15, -0.1) is 5.10 Å². The Morgan fingerprint density at radius 2 is 1.67 bits per heavy atom. The zero-order chi connectivity index (χ0) is 35.5. The lowest BCUT2D eigenvalue weighted by molar-refractivity contribution is -0.385. The average Bonchev–Trinajstić information content (AvgIpc) is 3.37. The van der Waals surface area contributed by atoms with E-state index in [4.69, 9.17) is 11.6 Å². The maximum Gasteiger partial charge on any atom is 0.418 e. The summed E-state index contributed by atoms with van der Waals surface area (Å²) in [5.74, 6) is -0.690. The van der Waals surface area contributed by atoms with Crippen LogP contribution in [0.4, 0.5) is 18.9 Å². The fourth-order valence-corrected chi connectivity index (χ4v) is 6.53. The zero-order valence-electron chi connectivity index (χ0n) is 25.6. The molecule has 0 radical (unpaired) electrons. The number of aryl methyl sites for hydroxylation is 1. The van der Waals surface area contributed by atoms with Gasteiger partial charge in [-0.3, -0.25) is 19.5 Å². The van der Waals surface area contributed by atoms with Crippen LogP contribution in [-0.4, -0.2) is 33.6 Å². The van der Waals surface area contributed by atoms with Gasteiger partial charge in [-0.05, 0) is 41.8 Å². The highest BCUT2D eigenvalue weighted by Gasteiger charge is 2.37. The lowest BCUT2D eigenvalue weighted by atomic mass is 10.0. The molecule has 0 aliphatic rings. The zero-order valence-corrected chi connectivity index (χ0v) is 27.2. The van der Waals surface area contributed by atoms with Crippen LogP contribution in [0.1, 0.15) is 47.1 Å². The molecule has 5 aromatic rings. The predicted octanol–water partition coefficient (Wildman–Crippen LogP) is 6.79. The van der Waals surface area contributed by atoms with Crippen LogP contribution in [0.3, 0.4) is 0 Å². The molecule has 49 heavy (non-hydrogen) atoms. The Labute approximate surface area is 282 Å². The Bertz CT molecular complexity index is 2220. The van der Waals surface area contributed by atoms with E-state index in [0.717, 1.165) is 12.1 Å². The van der Waals surface area contributed by atoms with E-state index in [1.54, 1.807) is 48.5 Å². The molecule has 0 fully saturated rings. The Kier molecular flexibility index (Phi) is 10.1. The minimum atomic E-state index is -5.01. The molecular weight excluding hydrogens is 687 g/mol. The highest BCUT2D eigenvalue weighted by atomic mass is 35.5. The highest BCUT2D eigenvalue weighted by Crippen LogP contribution is 2.36. The number of nitro benzene ring substituents is 1. The van der Waals surface area contributed by atoms with Gasteiger partial charge in [0.25, 0.3) is 21.6 Å². The first kappa shape index (κ1) is 35.0. The summed E-state index contributed by atoms with van der Waals surface area (Å²) in [6, 6.07) is 20.6. The number of nitro groups is 1. The molecule has 11 nitrogen and oxygen atoms in total. The molecule has 4 aromatic carbocycles. The summed E-state index contributed by atoms with van der Waals surface area (Å²) < 4.78 is 72.4. The van der Waals surface area contributed by atoms with Crippen LogP contribution >= 0.6 is 11.6 Å². The predicted molar refractivity (Wildman–Crippen MR) is 175 cm³/mol. The Morgan fingerprint density at radius 1 is 1.00 bits per heavy atom. The third-order valence-electron chi connectivity index (χ3n) is 7.55. The van der Waals surface area contributed by atoms with Gasteiger partial charge in [-0.1, -0.05) is 79.5 Å². The first-order chi connectivity index (χ1) is 23.2. The summed E-state index contributed by atoms with van der Waals surface area (Å²) in [6.45, 7) is 1.82. The number of alkyl halides is 3. The number of carbonyl (C=O) groups excluding carboxylic acids is 1. The lowest BCUT2D eigenvalue weighted by Gasteiger charge is -2.13. The topological polar surface area (TPSA) is 146 Å². The molecule has 0 saturated carbocycles. The van der Waals surface area contributed by atoms with Crippen molar-refractivity contribution in [2.75, 3.05) is 0 Å². The van der Waals surface area contributed by atoms with Crippen molar-refractivity contribution in [1.82, 2.24) is 19.1 Å². The number of sulfonamides is 1. The first-order valence-corrected chi connectivity index (χ1v) is 16.6. The van der Waals surface area contributed by atoms with E-state index in [9.17, 15) is 41.3 Å². The fraction of sp³-hybridized carbons (Fsp3) is 0.182. The Hall–Kier alpha value is -5.28. The van der Waals surface area contributed by atoms with Crippen molar-refractivity contribution in [3.8, 4) is 16.8 Å². The van der Waals surface area contributed by atoms with E-state index in [2.05, 4.69) is 5.10 Å². The molecule has 5 rings (SSSR count). The van der Waals surface area contributed by atoms with E-state index in [1.807, 2.05) is 11.6 Å². The molecule has 0 atom stereocenters. The number of aromatic nitrogens is 3. The van der Waals surface area contributed by atoms with Crippen molar-refractivity contribution in [2.24, 2.45) is 0 Å². The third-order valence-corrected chi connectivity index (χ3v) is 9.26. The van der Waals surface area contributed by atoms with Gasteiger partial charge in [0.2, 0.25) is 0 Å². The molecule has 1 aromatic heterocycles. The fourth-order valence-electron chi connectivity index (χ4n) is 5.11. The summed E-state index contributed by atoms with van der Waals surface area (Å²) in [5, 5.41) is 15.4. The number of amides is 1. The number of halogens is 4. The second-order valence-corrected chi connectivity index (χ2v) is 12.9. The van der Waals surface area contributed by atoms with Gasteiger partial charge < -0.3 is 0 Å². The molecule has 0 spiro atoms. The third kappa shape index (κ3) is 7.57. The largest absolute Gasteiger partial charge is 0.418 e. The number of rotatable bonds is 11. The number of carbonyl (C=O) groups is 1. The van der Waals surface area contributed by atoms with Gasteiger partial charge in [0, 0.05) is 24.1 Å². The summed E-state index contributed by atoms with van der Waals surface area (Å²) in [5.41, 5.74) is -2.41. The SMILES string of the molecule is CCCCc1nn(-c2ccc([N+](=O)[O-])cc2C(F)(F)F)c(=O)n1Cc1ccc(-c2ccccc2S(=O)(=O)NC(=O)c2ccccc2Cl)cc1. The summed E-state index contributed by atoms with van der Waals surface area (Å²) >= 11 is 6.06. The number of unbranched alkanes of at least 4 members (excludes halogenated alkanes) is 1. The molecule has 1 N–H and O–H groups in total. The molecule has 1 amide bonds. The van der Waals surface area contributed by atoms with Crippen LogP contribution in [0.15, 0.2) is 101 Å². The van der Waals surface area contributed by atoms with Gasteiger partial charge in [-0.2, -0.15) is 17.9 Å². The minimum absolute atomic E-state index is 0.0188. The van der Waals surface area contributed by atoms with E-state index < -0.39 is 49.7 Å². The van der Waals surface area contributed by atoms with Gasteiger partial charge in [0.05, 0.1) is 38.2 Å². The van der Waals surface area contributed by atoms with Crippen molar-refractivity contribution >= 4 is 33.2 Å². The normalized spacial score (nSPS) is 11.8. The van der Waals surface area contributed by atoms with Crippen LogP contribution in [0.5, 0.6) is 0 Å². The number of benzene rings is 4. The second kappa shape index (κ2) is 14.1. The highest BCUT2D eigenvalue weighted by molar-refractivity contribution is 7.90. The number of hydrogen-bond donors (Lipinski definition) is 1. The van der Waals surface area contributed by atoms with Gasteiger partial charge >= 0.3 is 11.9 Å². The van der Waals surface area contributed by atoms with E-state index >= 15 is 0 Å². The summed E-state index contributed by atoms with van der Waals surface area (Å²) in [4.78, 5) is 36.3. The molecule has 0 unspecified atom stereocenters.